The van der Waals surface area contributed by atoms with Gasteiger partial charge in [-0.2, -0.15) is 5.26 Å². The monoisotopic (exact) mass is 298 g/mol. The summed E-state index contributed by atoms with van der Waals surface area (Å²) in [5.74, 6) is -0.636. The number of halogens is 2. The van der Waals surface area contributed by atoms with Gasteiger partial charge in [0.15, 0.2) is 0 Å². The number of nitrogens with zero attached hydrogens (tertiary/aromatic N) is 2. The van der Waals surface area contributed by atoms with E-state index >= 15 is 0 Å². The van der Waals surface area contributed by atoms with Crippen molar-refractivity contribution >= 4 is 21.8 Å². The lowest BCUT2D eigenvalue weighted by molar-refractivity contribution is 0.0746. The Labute approximate surface area is 108 Å². The van der Waals surface area contributed by atoms with E-state index in [1.165, 1.54) is 23.1 Å². The molecule has 1 rings (SSSR count). The number of nitriles is 1. The molecule has 0 aliphatic carbocycles. The maximum absolute atomic E-state index is 13.0. The fourth-order valence-corrected chi connectivity index (χ4v) is 1.68. The summed E-state index contributed by atoms with van der Waals surface area (Å²) < 4.78 is 13.3. The number of hydrogen-bond acceptors (Lipinski definition) is 2. The van der Waals surface area contributed by atoms with Crippen LogP contribution in [0.4, 0.5) is 4.39 Å². The molecule has 0 aromatic heterocycles. The van der Waals surface area contributed by atoms with Crippen molar-refractivity contribution in [3.05, 3.63) is 34.1 Å². The van der Waals surface area contributed by atoms with Gasteiger partial charge in [0.25, 0.3) is 5.91 Å². The molecule has 1 unspecified atom stereocenters. The molecule has 1 atom stereocenters. The van der Waals surface area contributed by atoms with E-state index in [4.69, 9.17) is 5.26 Å². The molecule has 0 N–H and O–H groups in total. The average molecular weight is 299 g/mol. The number of hydrogen-bond donors (Lipinski definition) is 0. The van der Waals surface area contributed by atoms with Gasteiger partial charge in [-0.05, 0) is 41.1 Å². The quantitative estimate of drug-likeness (QED) is 0.861. The molecule has 5 heteroatoms. The van der Waals surface area contributed by atoms with E-state index in [0.717, 1.165) is 0 Å². The van der Waals surface area contributed by atoms with Gasteiger partial charge in [0.1, 0.15) is 5.82 Å². The van der Waals surface area contributed by atoms with Crippen LogP contribution in [0.25, 0.3) is 0 Å². The summed E-state index contributed by atoms with van der Waals surface area (Å²) in [5, 5.41) is 8.57. The smallest absolute Gasteiger partial charge is 0.253 e. The zero-order valence-electron chi connectivity index (χ0n) is 9.58. The van der Waals surface area contributed by atoms with Crippen LogP contribution in [0.3, 0.4) is 0 Å². The van der Waals surface area contributed by atoms with Gasteiger partial charge < -0.3 is 4.90 Å². The van der Waals surface area contributed by atoms with Crippen molar-refractivity contribution in [2.75, 3.05) is 7.05 Å². The molecule has 17 heavy (non-hydrogen) atoms. The Bertz CT molecular complexity index is 470. The van der Waals surface area contributed by atoms with Crippen LogP contribution in [-0.2, 0) is 0 Å². The summed E-state index contributed by atoms with van der Waals surface area (Å²) in [6.07, 6.45) is 0.268. The molecule has 0 heterocycles. The van der Waals surface area contributed by atoms with Gasteiger partial charge in [0.05, 0.1) is 17.0 Å². The Balaban J connectivity index is 2.89. The fourth-order valence-electron chi connectivity index (χ4n) is 1.30. The normalized spacial score (nSPS) is 11.7. The van der Waals surface area contributed by atoms with Crippen molar-refractivity contribution in [3.63, 3.8) is 0 Å². The van der Waals surface area contributed by atoms with Crippen LogP contribution in [0.15, 0.2) is 22.7 Å². The maximum atomic E-state index is 13.0. The number of carbonyl (C=O) groups excluding carboxylic acids is 1. The predicted octanol–water partition coefficient (Wildman–Crippen LogP) is 2.96. The minimum atomic E-state index is -0.408. The highest BCUT2D eigenvalue weighted by Gasteiger charge is 2.17. The first-order valence-corrected chi connectivity index (χ1v) is 5.85. The van der Waals surface area contributed by atoms with Crippen molar-refractivity contribution in [1.29, 1.82) is 5.26 Å². The number of amides is 1. The highest BCUT2D eigenvalue weighted by molar-refractivity contribution is 9.10. The van der Waals surface area contributed by atoms with Crippen LogP contribution < -0.4 is 0 Å². The second-order valence-corrected chi connectivity index (χ2v) is 4.61. The third kappa shape index (κ3) is 3.27. The first-order valence-electron chi connectivity index (χ1n) is 5.06. The molecule has 0 saturated heterocycles. The molecule has 0 fully saturated rings. The number of carbonyl (C=O) groups is 1. The molecule has 1 aromatic carbocycles. The molecule has 1 aromatic rings. The summed E-state index contributed by atoms with van der Waals surface area (Å²) in [6, 6.07) is 5.94. The summed E-state index contributed by atoms with van der Waals surface area (Å²) in [6.45, 7) is 1.79. The lowest BCUT2D eigenvalue weighted by Gasteiger charge is -2.23. The van der Waals surface area contributed by atoms with Crippen LogP contribution >= 0.6 is 15.9 Å². The van der Waals surface area contributed by atoms with Crippen molar-refractivity contribution in [2.24, 2.45) is 0 Å². The van der Waals surface area contributed by atoms with Crippen LogP contribution in [0.1, 0.15) is 23.7 Å². The Kier molecular flexibility index (Phi) is 4.64. The van der Waals surface area contributed by atoms with E-state index in [0.29, 0.717) is 5.56 Å². The third-order valence-corrected chi connectivity index (χ3v) is 3.14. The van der Waals surface area contributed by atoms with Crippen LogP contribution in [-0.4, -0.2) is 23.9 Å². The van der Waals surface area contributed by atoms with Gasteiger partial charge in [-0.1, -0.05) is 0 Å². The lowest BCUT2D eigenvalue weighted by atomic mass is 10.1. The predicted molar refractivity (Wildman–Crippen MR) is 65.9 cm³/mol. The van der Waals surface area contributed by atoms with Gasteiger partial charge in [-0.15, -0.1) is 0 Å². The van der Waals surface area contributed by atoms with Gasteiger partial charge >= 0.3 is 0 Å². The molecule has 0 aliphatic rings. The van der Waals surface area contributed by atoms with E-state index in [2.05, 4.69) is 15.9 Å². The molecule has 0 bridgehead atoms. The molecule has 1 amide bonds. The van der Waals surface area contributed by atoms with E-state index in [9.17, 15) is 9.18 Å². The van der Waals surface area contributed by atoms with Gasteiger partial charge in [0.2, 0.25) is 0 Å². The summed E-state index contributed by atoms with van der Waals surface area (Å²) >= 11 is 3.03. The zero-order chi connectivity index (χ0) is 13.0. The van der Waals surface area contributed by atoms with E-state index < -0.39 is 5.82 Å². The standard InChI is InChI=1S/C12H12BrFN2O/c1-8(5-6-15)16(2)12(17)9-3-4-11(14)10(13)7-9/h3-4,7-8H,5H2,1-2H3. The second-order valence-electron chi connectivity index (χ2n) is 3.76. The highest BCUT2D eigenvalue weighted by atomic mass is 79.9. The molecule has 0 aliphatic heterocycles. The van der Waals surface area contributed by atoms with Crippen LogP contribution in [0, 0.1) is 17.1 Å². The van der Waals surface area contributed by atoms with Crippen molar-refractivity contribution in [1.82, 2.24) is 4.90 Å². The maximum Gasteiger partial charge on any atom is 0.253 e. The second kappa shape index (κ2) is 5.78. The Morgan fingerprint density at radius 2 is 2.29 bits per heavy atom. The van der Waals surface area contributed by atoms with Gasteiger partial charge in [-0.25, -0.2) is 4.39 Å². The Morgan fingerprint density at radius 1 is 1.65 bits per heavy atom. The Morgan fingerprint density at radius 3 is 2.82 bits per heavy atom. The number of rotatable bonds is 3. The van der Waals surface area contributed by atoms with Gasteiger partial charge in [0, 0.05) is 18.7 Å². The topological polar surface area (TPSA) is 44.1 Å². The van der Waals surface area contributed by atoms with Crippen LogP contribution in [0.5, 0.6) is 0 Å². The minimum absolute atomic E-state index is 0.170. The third-order valence-electron chi connectivity index (χ3n) is 2.53. The largest absolute Gasteiger partial charge is 0.338 e. The first-order chi connectivity index (χ1) is 7.97. The summed E-state index contributed by atoms with van der Waals surface area (Å²) in [5.41, 5.74) is 0.394. The minimum Gasteiger partial charge on any atom is -0.338 e. The average Bonchev–Trinajstić information content (AvgIpc) is 2.31. The van der Waals surface area contributed by atoms with Crippen molar-refractivity contribution in [3.8, 4) is 6.07 Å². The molecule has 0 saturated carbocycles. The Hall–Kier alpha value is -1.41. The van der Waals surface area contributed by atoms with E-state index in [1.807, 2.05) is 6.07 Å². The van der Waals surface area contributed by atoms with Gasteiger partial charge in [-0.3, -0.25) is 4.79 Å². The van der Waals surface area contributed by atoms with Crippen LogP contribution in [0.2, 0.25) is 0 Å². The summed E-state index contributed by atoms with van der Waals surface area (Å²) in [7, 11) is 1.63. The summed E-state index contributed by atoms with van der Waals surface area (Å²) in [4.78, 5) is 13.5. The lowest BCUT2D eigenvalue weighted by Crippen LogP contribution is -2.34. The molecule has 90 valence electrons. The molecule has 0 spiro atoms. The van der Waals surface area contributed by atoms with Crippen molar-refractivity contribution < 1.29 is 9.18 Å². The molecule has 3 nitrogen and oxygen atoms in total. The fraction of sp³-hybridized carbons (Fsp3) is 0.333. The van der Waals surface area contributed by atoms with E-state index in [1.54, 1.807) is 14.0 Å². The van der Waals surface area contributed by atoms with Crippen molar-refractivity contribution in [2.45, 2.75) is 19.4 Å². The molecular formula is C12H12BrFN2O. The van der Waals surface area contributed by atoms with E-state index in [-0.39, 0.29) is 22.8 Å². The first kappa shape index (κ1) is 13.7. The zero-order valence-corrected chi connectivity index (χ0v) is 11.2. The molecule has 0 radical (unpaired) electrons. The highest BCUT2D eigenvalue weighted by Crippen LogP contribution is 2.18. The SMILES string of the molecule is CC(CC#N)N(C)C(=O)c1ccc(F)c(Br)c1. The molecular weight excluding hydrogens is 287 g/mol. The number of benzene rings is 1.